The predicted octanol–water partition coefficient (Wildman–Crippen LogP) is 1.66. The third-order valence-electron chi connectivity index (χ3n) is 1.63. The van der Waals surface area contributed by atoms with Crippen LogP contribution in [0.3, 0.4) is 0 Å². The average Bonchev–Trinajstić information content (AvgIpc) is 1.94. The van der Waals surface area contributed by atoms with Gasteiger partial charge in [-0.25, -0.2) is 0 Å². The molecule has 0 spiro atoms. The van der Waals surface area contributed by atoms with Gasteiger partial charge in [0.2, 0.25) is 0 Å². The Hall–Kier alpha value is -0.275. The molecule has 1 heterocycles. The molecule has 0 N–H and O–H groups in total. The van der Waals surface area contributed by atoms with Crippen molar-refractivity contribution < 1.29 is 9.31 Å². The van der Waals surface area contributed by atoms with Gasteiger partial charge in [-0.15, -0.1) is 0 Å². The van der Waals surface area contributed by atoms with E-state index in [-0.39, 0.29) is 12.5 Å². The van der Waals surface area contributed by atoms with E-state index < -0.39 is 0 Å². The fourth-order valence-electron chi connectivity index (χ4n) is 0.973. The lowest BCUT2D eigenvalue weighted by atomic mass is 9.84. The Morgan fingerprint density at radius 3 is 2.27 bits per heavy atom. The van der Waals surface area contributed by atoms with Crippen LogP contribution in [0.4, 0.5) is 0 Å². The third kappa shape index (κ3) is 2.68. The first-order valence-electron chi connectivity index (χ1n) is 4.00. The summed E-state index contributed by atoms with van der Waals surface area (Å²) in [6.45, 7) is 7.80. The van der Waals surface area contributed by atoms with E-state index >= 15 is 0 Å². The molecule has 62 valence electrons. The van der Waals surface area contributed by atoms with E-state index in [1.165, 1.54) is 0 Å². The SMILES string of the molecule is CC=CB1OCC(C)(C)CO1. The van der Waals surface area contributed by atoms with Crippen LogP contribution in [0.2, 0.25) is 0 Å². The molecule has 0 radical (unpaired) electrons. The molecule has 2 nitrogen and oxygen atoms in total. The largest absolute Gasteiger partial charge is 0.485 e. The molecule has 0 aromatic carbocycles. The summed E-state index contributed by atoms with van der Waals surface area (Å²) in [4.78, 5) is 0. The smallest absolute Gasteiger partial charge is 0.407 e. The third-order valence-corrected chi connectivity index (χ3v) is 1.63. The van der Waals surface area contributed by atoms with Crippen molar-refractivity contribution in [1.29, 1.82) is 0 Å². The van der Waals surface area contributed by atoms with Gasteiger partial charge in [0.05, 0.1) is 0 Å². The molecular weight excluding hydrogens is 139 g/mol. The van der Waals surface area contributed by atoms with Crippen molar-refractivity contribution in [3.8, 4) is 0 Å². The van der Waals surface area contributed by atoms with Crippen LogP contribution in [-0.2, 0) is 9.31 Å². The lowest BCUT2D eigenvalue weighted by molar-refractivity contribution is 0.0336. The summed E-state index contributed by atoms with van der Waals surface area (Å²) in [5, 5.41) is 0. The standard InChI is InChI=1S/C8H15BO2/c1-4-5-9-10-6-8(2,3)7-11-9/h4-5H,6-7H2,1-3H3. The highest BCUT2D eigenvalue weighted by molar-refractivity contribution is 6.50. The maximum atomic E-state index is 5.42. The average molecular weight is 154 g/mol. The quantitative estimate of drug-likeness (QED) is 0.534. The molecule has 11 heavy (non-hydrogen) atoms. The van der Waals surface area contributed by atoms with Gasteiger partial charge in [-0.05, 0) is 6.92 Å². The minimum atomic E-state index is -0.118. The molecule has 0 bridgehead atoms. The molecule has 1 aliphatic heterocycles. The Bertz CT molecular complexity index is 144. The van der Waals surface area contributed by atoms with Crippen molar-refractivity contribution in [3.63, 3.8) is 0 Å². The highest BCUT2D eigenvalue weighted by atomic mass is 16.6. The maximum Gasteiger partial charge on any atom is 0.485 e. The van der Waals surface area contributed by atoms with Crippen LogP contribution in [-0.4, -0.2) is 20.3 Å². The minimum Gasteiger partial charge on any atom is -0.407 e. The zero-order valence-corrected chi connectivity index (χ0v) is 7.46. The Labute approximate surface area is 68.7 Å². The van der Waals surface area contributed by atoms with Crippen LogP contribution in [0.5, 0.6) is 0 Å². The van der Waals surface area contributed by atoms with Gasteiger partial charge in [-0.3, -0.25) is 0 Å². The van der Waals surface area contributed by atoms with Crippen molar-refractivity contribution in [2.45, 2.75) is 20.8 Å². The van der Waals surface area contributed by atoms with E-state index in [1.807, 2.05) is 19.0 Å². The van der Waals surface area contributed by atoms with Gasteiger partial charge in [0.25, 0.3) is 0 Å². The van der Waals surface area contributed by atoms with E-state index in [9.17, 15) is 0 Å². The fourth-order valence-corrected chi connectivity index (χ4v) is 0.973. The van der Waals surface area contributed by atoms with Crippen molar-refractivity contribution in [2.75, 3.05) is 13.2 Å². The van der Waals surface area contributed by atoms with Gasteiger partial charge in [0.1, 0.15) is 0 Å². The molecule has 0 aromatic rings. The summed E-state index contributed by atoms with van der Waals surface area (Å²) in [6, 6.07) is 0. The van der Waals surface area contributed by atoms with Gasteiger partial charge >= 0.3 is 7.12 Å². The lowest BCUT2D eigenvalue weighted by Gasteiger charge is -2.31. The Kier molecular flexibility index (Phi) is 2.74. The Morgan fingerprint density at radius 1 is 1.27 bits per heavy atom. The second-order valence-electron chi connectivity index (χ2n) is 3.68. The summed E-state index contributed by atoms with van der Waals surface area (Å²) < 4.78 is 10.8. The van der Waals surface area contributed by atoms with Gasteiger partial charge < -0.3 is 9.31 Å². The van der Waals surface area contributed by atoms with Crippen molar-refractivity contribution in [1.82, 2.24) is 0 Å². The molecule has 0 atom stereocenters. The number of rotatable bonds is 1. The first-order valence-corrected chi connectivity index (χ1v) is 4.00. The number of hydrogen-bond donors (Lipinski definition) is 0. The number of hydrogen-bond acceptors (Lipinski definition) is 2. The lowest BCUT2D eigenvalue weighted by Crippen LogP contribution is -2.39. The molecule has 1 saturated heterocycles. The summed E-state index contributed by atoms with van der Waals surface area (Å²) >= 11 is 0. The first-order chi connectivity index (χ1) is 5.14. The Morgan fingerprint density at radius 2 is 1.82 bits per heavy atom. The summed E-state index contributed by atoms with van der Waals surface area (Å²) in [6.07, 6.45) is 1.95. The zero-order chi connectivity index (χ0) is 8.32. The second-order valence-corrected chi connectivity index (χ2v) is 3.68. The van der Waals surface area contributed by atoms with Crippen LogP contribution in [0.1, 0.15) is 20.8 Å². The molecule has 0 unspecified atom stereocenters. The van der Waals surface area contributed by atoms with Crippen molar-refractivity contribution >= 4 is 7.12 Å². The fraction of sp³-hybridized carbons (Fsp3) is 0.750. The van der Waals surface area contributed by atoms with Crippen LogP contribution < -0.4 is 0 Å². The summed E-state index contributed by atoms with van der Waals surface area (Å²) in [7, 11) is -0.118. The van der Waals surface area contributed by atoms with E-state index in [1.54, 1.807) is 0 Å². The van der Waals surface area contributed by atoms with Crippen LogP contribution in [0.25, 0.3) is 0 Å². The van der Waals surface area contributed by atoms with Crippen LogP contribution in [0, 0.1) is 5.41 Å². The Balaban J connectivity index is 2.36. The molecule has 0 aliphatic carbocycles. The zero-order valence-electron chi connectivity index (χ0n) is 7.46. The highest BCUT2D eigenvalue weighted by Gasteiger charge is 2.29. The molecule has 0 saturated carbocycles. The summed E-state index contributed by atoms with van der Waals surface area (Å²) in [5.41, 5.74) is 0.179. The van der Waals surface area contributed by atoms with E-state index in [0.29, 0.717) is 0 Å². The summed E-state index contributed by atoms with van der Waals surface area (Å²) in [5.74, 6) is 1.93. The molecule has 1 fully saturated rings. The molecule has 1 rings (SSSR count). The number of allylic oxidation sites excluding steroid dienone is 1. The van der Waals surface area contributed by atoms with E-state index in [4.69, 9.17) is 9.31 Å². The predicted molar refractivity (Wildman–Crippen MR) is 46.3 cm³/mol. The van der Waals surface area contributed by atoms with Crippen molar-refractivity contribution in [3.05, 3.63) is 12.1 Å². The van der Waals surface area contributed by atoms with Crippen LogP contribution >= 0.6 is 0 Å². The molecule has 1 aliphatic rings. The van der Waals surface area contributed by atoms with E-state index in [2.05, 4.69) is 13.8 Å². The molecule has 0 amide bonds. The first kappa shape index (κ1) is 8.82. The van der Waals surface area contributed by atoms with Gasteiger partial charge in [0.15, 0.2) is 0 Å². The highest BCUT2D eigenvalue weighted by Crippen LogP contribution is 2.21. The second kappa shape index (κ2) is 3.41. The molecular formula is C8H15BO2. The monoisotopic (exact) mass is 154 g/mol. The molecule has 0 aromatic heterocycles. The maximum absolute atomic E-state index is 5.42. The minimum absolute atomic E-state index is 0.118. The van der Waals surface area contributed by atoms with Gasteiger partial charge in [0, 0.05) is 18.6 Å². The van der Waals surface area contributed by atoms with Crippen LogP contribution in [0.15, 0.2) is 12.1 Å². The molecule has 3 heteroatoms. The van der Waals surface area contributed by atoms with Crippen molar-refractivity contribution in [2.24, 2.45) is 5.41 Å². The normalized spacial score (nSPS) is 24.5. The van der Waals surface area contributed by atoms with Gasteiger partial charge in [-0.1, -0.05) is 25.9 Å². The topological polar surface area (TPSA) is 18.5 Å². The van der Waals surface area contributed by atoms with E-state index in [0.717, 1.165) is 13.2 Å². The van der Waals surface area contributed by atoms with Gasteiger partial charge in [-0.2, -0.15) is 0 Å².